The van der Waals surface area contributed by atoms with E-state index in [2.05, 4.69) is 20.9 Å². The van der Waals surface area contributed by atoms with Gasteiger partial charge in [0.05, 0.1) is 5.39 Å². The van der Waals surface area contributed by atoms with Crippen LogP contribution in [0.25, 0.3) is 10.9 Å². The van der Waals surface area contributed by atoms with Crippen LogP contribution in [0.1, 0.15) is 44.6 Å². The summed E-state index contributed by atoms with van der Waals surface area (Å²) in [5.74, 6) is -1.71. The number of piperidine rings is 1. The largest absolute Gasteiger partial charge is 0.481 e. The molecule has 10 heteroatoms. The van der Waals surface area contributed by atoms with Crippen LogP contribution in [0, 0.1) is 0 Å². The molecule has 3 rings (SSSR count). The van der Waals surface area contributed by atoms with Crippen molar-refractivity contribution in [2.24, 2.45) is 0 Å². The Balaban J connectivity index is 1.71. The standard InChI is InChI=1S/C18H21N5O5/c24-15-8-7-14(17(27)20-15)23-18(28)12-10-11(5-6-13(12)21-22-23)19-9-3-1-2-4-16(25)26/h5-6,10,14,19H,1-4,7-9H2,(H,25,26)(H,20,24,27). The molecule has 0 bridgehead atoms. The van der Waals surface area contributed by atoms with Crippen LogP contribution in [0.4, 0.5) is 5.69 Å². The van der Waals surface area contributed by atoms with Gasteiger partial charge in [-0.15, -0.1) is 5.10 Å². The molecule has 2 heterocycles. The summed E-state index contributed by atoms with van der Waals surface area (Å²) in [5, 5.41) is 22.2. The van der Waals surface area contributed by atoms with Gasteiger partial charge in [-0.1, -0.05) is 11.6 Å². The van der Waals surface area contributed by atoms with Crippen LogP contribution in [0.2, 0.25) is 0 Å². The topological polar surface area (TPSA) is 143 Å². The number of carboxylic acid groups (broad SMARTS) is 1. The molecule has 1 aromatic carbocycles. The molecule has 1 atom stereocenters. The van der Waals surface area contributed by atoms with Crippen molar-refractivity contribution in [2.45, 2.75) is 44.6 Å². The molecular formula is C18H21N5O5. The Bertz CT molecular complexity index is 970. The number of amides is 2. The molecule has 0 saturated carbocycles. The molecule has 10 nitrogen and oxygen atoms in total. The van der Waals surface area contributed by atoms with E-state index in [0.29, 0.717) is 23.9 Å². The smallest absolute Gasteiger partial charge is 0.303 e. The normalized spacial score (nSPS) is 16.8. The molecule has 1 unspecified atom stereocenters. The Hall–Kier alpha value is -3.30. The predicted molar refractivity (Wildman–Crippen MR) is 99.8 cm³/mol. The summed E-state index contributed by atoms with van der Waals surface area (Å²) >= 11 is 0. The third-order valence-electron chi connectivity index (χ3n) is 4.59. The minimum Gasteiger partial charge on any atom is -0.481 e. The Labute approximate surface area is 159 Å². The molecule has 28 heavy (non-hydrogen) atoms. The predicted octanol–water partition coefficient (Wildman–Crippen LogP) is 0.826. The van der Waals surface area contributed by atoms with Crippen LogP contribution in [0.15, 0.2) is 23.0 Å². The number of imide groups is 1. The summed E-state index contributed by atoms with van der Waals surface area (Å²) in [6, 6.07) is 4.26. The van der Waals surface area contributed by atoms with Gasteiger partial charge in [-0.2, -0.15) is 4.68 Å². The van der Waals surface area contributed by atoms with Crippen molar-refractivity contribution < 1.29 is 19.5 Å². The number of benzene rings is 1. The van der Waals surface area contributed by atoms with E-state index in [-0.39, 0.29) is 25.2 Å². The first kappa shape index (κ1) is 19.5. The Morgan fingerprint density at radius 2 is 2.07 bits per heavy atom. The van der Waals surface area contributed by atoms with Gasteiger partial charge in [-0.25, -0.2) is 0 Å². The van der Waals surface area contributed by atoms with E-state index in [0.717, 1.165) is 23.2 Å². The van der Waals surface area contributed by atoms with Crippen molar-refractivity contribution in [3.8, 4) is 0 Å². The number of fused-ring (bicyclic) bond motifs is 1. The summed E-state index contributed by atoms with van der Waals surface area (Å²) in [5.41, 5.74) is 0.704. The van der Waals surface area contributed by atoms with Crippen molar-refractivity contribution in [1.82, 2.24) is 20.3 Å². The van der Waals surface area contributed by atoms with Crippen LogP contribution in [0.3, 0.4) is 0 Å². The maximum atomic E-state index is 12.8. The maximum Gasteiger partial charge on any atom is 0.303 e. The zero-order valence-electron chi connectivity index (χ0n) is 15.2. The molecule has 2 aromatic rings. The highest BCUT2D eigenvalue weighted by Gasteiger charge is 2.30. The fourth-order valence-electron chi connectivity index (χ4n) is 3.09. The molecule has 0 radical (unpaired) electrons. The molecule has 3 N–H and O–H groups in total. The number of hydrogen-bond donors (Lipinski definition) is 3. The first-order chi connectivity index (χ1) is 13.5. The number of anilines is 1. The van der Waals surface area contributed by atoms with Gasteiger partial charge in [0.2, 0.25) is 5.91 Å². The van der Waals surface area contributed by atoms with Crippen molar-refractivity contribution in [1.29, 1.82) is 0 Å². The maximum absolute atomic E-state index is 12.8. The third-order valence-corrected chi connectivity index (χ3v) is 4.59. The van der Waals surface area contributed by atoms with Gasteiger partial charge < -0.3 is 10.4 Å². The molecule has 1 aliphatic rings. The second kappa shape index (κ2) is 8.59. The fraction of sp³-hybridized carbons (Fsp3) is 0.444. The average Bonchev–Trinajstić information content (AvgIpc) is 2.66. The van der Waals surface area contributed by atoms with Gasteiger partial charge in [0.15, 0.2) is 0 Å². The van der Waals surface area contributed by atoms with E-state index in [1.54, 1.807) is 18.2 Å². The number of carbonyl (C=O) groups is 3. The third kappa shape index (κ3) is 4.51. The lowest BCUT2D eigenvalue weighted by atomic mass is 10.1. The summed E-state index contributed by atoms with van der Waals surface area (Å²) in [6.07, 6.45) is 2.74. The SMILES string of the molecule is O=C(O)CCCCCNc1ccc2nnn(C3CCC(=O)NC3=O)c(=O)c2c1. The summed E-state index contributed by atoms with van der Waals surface area (Å²) in [6.45, 7) is 0.644. The molecule has 2 amide bonds. The van der Waals surface area contributed by atoms with Gasteiger partial charge in [0, 0.05) is 25.1 Å². The number of aromatic nitrogens is 3. The Morgan fingerprint density at radius 3 is 2.82 bits per heavy atom. The van der Waals surface area contributed by atoms with Gasteiger partial charge in [-0.05, 0) is 37.5 Å². The van der Waals surface area contributed by atoms with Gasteiger partial charge in [0.1, 0.15) is 11.6 Å². The number of hydrogen-bond acceptors (Lipinski definition) is 7. The lowest BCUT2D eigenvalue weighted by molar-refractivity contribution is -0.138. The highest BCUT2D eigenvalue weighted by atomic mass is 16.4. The number of unbranched alkanes of at least 4 members (excludes halogenated alkanes) is 2. The monoisotopic (exact) mass is 387 g/mol. The van der Waals surface area contributed by atoms with E-state index >= 15 is 0 Å². The number of rotatable bonds is 8. The first-order valence-corrected chi connectivity index (χ1v) is 9.14. The summed E-state index contributed by atoms with van der Waals surface area (Å²) < 4.78 is 1.03. The van der Waals surface area contributed by atoms with Gasteiger partial charge in [0.25, 0.3) is 11.5 Å². The lowest BCUT2D eigenvalue weighted by Gasteiger charge is -2.21. The van der Waals surface area contributed by atoms with Crippen LogP contribution < -0.4 is 16.2 Å². The van der Waals surface area contributed by atoms with Crippen LogP contribution in [0.5, 0.6) is 0 Å². The first-order valence-electron chi connectivity index (χ1n) is 9.14. The van der Waals surface area contributed by atoms with Crippen LogP contribution in [-0.2, 0) is 14.4 Å². The number of carboxylic acids is 1. The van der Waals surface area contributed by atoms with Gasteiger partial charge in [-0.3, -0.25) is 24.5 Å². The van der Waals surface area contributed by atoms with E-state index < -0.39 is 23.5 Å². The second-order valence-electron chi connectivity index (χ2n) is 6.67. The van der Waals surface area contributed by atoms with Crippen molar-refractivity contribution in [3.63, 3.8) is 0 Å². The Morgan fingerprint density at radius 1 is 1.25 bits per heavy atom. The number of aliphatic carboxylic acids is 1. The minimum atomic E-state index is -0.854. The molecule has 0 aliphatic carbocycles. The van der Waals surface area contributed by atoms with Crippen LogP contribution >= 0.6 is 0 Å². The molecule has 0 spiro atoms. The number of nitrogens with zero attached hydrogens (tertiary/aromatic N) is 3. The molecule has 1 saturated heterocycles. The molecule has 1 fully saturated rings. The van der Waals surface area contributed by atoms with Crippen molar-refractivity contribution in [3.05, 3.63) is 28.6 Å². The number of nitrogens with one attached hydrogen (secondary N) is 2. The molecular weight excluding hydrogens is 366 g/mol. The van der Waals surface area contributed by atoms with E-state index in [9.17, 15) is 19.2 Å². The Kier molecular flexibility index (Phi) is 5.97. The molecule has 1 aromatic heterocycles. The second-order valence-corrected chi connectivity index (χ2v) is 6.67. The summed E-state index contributed by atoms with van der Waals surface area (Å²) in [4.78, 5) is 46.6. The van der Waals surface area contributed by atoms with Crippen molar-refractivity contribution >= 4 is 34.4 Å². The lowest BCUT2D eigenvalue weighted by Crippen LogP contribution is -2.45. The van der Waals surface area contributed by atoms with E-state index in [1.807, 2.05) is 0 Å². The quantitative estimate of drug-likeness (QED) is 0.446. The zero-order chi connectivity index (χ0) is 20.1. The van der Waals surface area contributed by atoms with E-state index in [1.165, 1.54) is 0 Å². The highest BCUT2D eigenvalue weighted by molar-refractivity contribution is 5.99. The average molecular weight is 387 g/mol. The van der Waals surface area contributed by atoms with Crippen LogP contribution in [-0.4, -0.2) is 44.4 Å². The molecule has 1 aliphatic heterocycles. The number of carbonyl (C=O) groups excluding carboxylic acids is 2. The van der Waals surface area contributed by atoms with Gasteiger partial charge >= 0.3 is 5.97 Å². The summed E-state index contributed by atoms with van der Waals surface area (Å²) in [7, 11) is 0. The molecule has 148 valence electrons. The van der Waals surface area contributed by atoms with E-state index in [4.69, 9.17) is 5.11 Å². The van der Waals surface area contributed by atoms with Crippen molar-refractivity contribution in [2.75, 3.05) is 11.9 Å². The zero-order valence-corrected chi connectivity index (χ0v) is 15.2. The fourth-order valence-corrected chi connectivity index (χ4v) is 3.09. The highest BCUT2D eigenvalue weighted by Crippen LogP contribution is 2.18. The minimum absolute atomic E-state index is 0.145.